The number of rotatable bonds is 4. The Morgan fingerprint density at radius 3 is 2.16 bits per heavy atom. The molecule has 25 heavy (non-hydrogen) atoms. The Labute approximate surface area is 147 Å². The summed E-state index contributed by atoms with van der Waals surface area (Å²) >= 11 is 0. The molecule has 0 aliphatic carbocycles. The predicted molar refractivity (Wildman–Crippen MR) is 102 cm³/mol. The molecular weight excluding hydrogens is 306 g/mol. The number of benzene rings is 3. The van der Waals surface area contributed by atoms with Gasteiger partial charge in [-0.25, -0.2) is 0 Å². The molecule has 120 valence electrons. The average Bonchev–Trinajstić information content (AvgIpc) is 2.68. The summed E-state index contributed by atoms with van der Waals surface area (Å²) in [5.41, 5.74) is 3.17. The second kappa shape index (κ2) is 8.33. The number of anilines is 1. The number of ketones is 1. The van der Waals surface area contributed by atoms with E-state index in [0.29, 0.717) is 5.56 Å². The Morgan fingerprint density at radius 1 is 0.760 bits per heavy atom. The van der Waals surface area contributed by atoms with Crippen molar-refractivity contribution >= 4 is 11.5 Å². The van der Waals surface area contributed by atoms with Crippen molar-refractivity contribution in [3.05, 3.63) is 114 Å². The van der Waals surface area contributed by atoms with Gasteiger partial charge < -0.3 is 5.32 Å². The first kappa shape index (κ1) is 16.3. The normalized spacial score (nSPS) is 10.1. The van der Waals surface area contributed by atoms with Crippen LogP contribution in [0.5, 0.6) is 0 Å². The van der Waals surface area contributed by atoms with E-state index in [1.807, 2.05) is 78.9 Å². The third-order valence-electron chi connectivity index (χ3n) is 3.57. The van der Waals surface area contributed by atoms with Crippen LogP contribution in [0.4, 0.5) is 5.69 Å². The lowest BCUT2D eigenvalue weighted by atomic mass is 10.0. The second-order valence-electron chi connectivity index (χ2n) is 5.37. The van der Waals surface area contributed by atoms with Crippen molar-refractivity contribution in [1.29, 1.82) is 0 Å². The molecule has 0 aliphatic heterocycles. The van der Waals surface area contributed by atoms with E-state index in [1.54, 1.807) is 12.3 Å². The summed E-state index contributed by atoms with van der Waals surface area (Å²) in [6.07, 6.45) is 3.18. The fraction of sp³-hybridized carbons (Fsp3) is 0. The summed E-state index contributed by atoms with van der Waals surface area (Å²) in [6, 6.07) is 26.8. The zero-order valence-corrected chi connectivity index (χ0v) is 13.6. The zero-order chi connectivity index (χ0) is 17.3. The quantitative estimate of drug-likeness (QED) is 0.420. The standard InChI is InChI=1S/C23H17NO/c25-23(17-18-24-21-12-5-2-6-13-21)22-14-8-7-11-20(22)16-15-19-9-3-1-4-10-19/h1-14,17-18,24H/b18-17-. The lowest BCUT2D eigenvalue weighted by molar-refractivity contribution is 0.104. The third kappa shape index (κ3) is 4.70. The molecule has 3 rings (SSSR count). The van der Waals surface area contributed by atoms with E-state index in [2.05, 4.69) is 17.2 Å². The van der Waals surface area contributed by atoms with Gasteiger partial charge in [0.1, 0.15) is 0 Å². The third-order valence-corrected chi connectivity index (χ3v) is 3.57. The van der Waals surface area contributed by atoms with E-state index in [-0.39, 0.29) is 5.78 Å². The van der Waals surface area contributed by atoms with E-state index in [4.69, 9.17) is 0 Å². The highest BCUT2D eigenvalue weighted by Gasteiger charge is 2.06. The number of carbonyl (C=O) groups is 1. The molecule has 2 nitrogen and oxygen atoms in total. The van der Waals surface area contributed by atoms with Gasteiger partial charge in [0.2, 0.25) is 0 Å². The molecule has 0 saturated carbocycles. The van der Waals surface area contributed by atoms with Crippen LogP contribution in [0.3, 0.4) is 0 Å². The van der Waals surface area contributed by atoms with E-state index < -0.39 is 0 Å². The maximum atomic E-state index is 12.5. The van der Waals surface area contributed by atoms with Crippen LogP contribution in [0.25, 0.3) is 0 Å². The summed E-state index contributed by atoms with van der Waals surface area (Å²) in [5.74, 6) is 6.11. The first-order valence-electron chi connectivity index (χ1n) is 8.01. The molecule has 0 spiro atoms. The molecule has 0 aromatic heterocycles. The molecule has 3 aromatic carbocycles. The maximum Gasteiger partial charge on any atom is 0.188 e. The molecule has 0 heterocycles. The van der Waals surface area contributed by atoms with Gasteiger partial charge >= 0.3 is 0 Å². The van der Waals surface area contributed by atoms with Crippen molar-refractivity contribution in [3.63, 3.8) is 0 Å². The molecule has 0 saturated heterocycles. The Morgan fingerprint density at radius 2 is 1.40 bits per heavy atom. The monoisotopic (exact) mass is 323 g/mol. The van der Waals surface area contributed by atoms with Gasteiger partial charge in [0.15, 0.2) is 5.78 Å². The summed E-state index contributed by atoms with van der Waals surface area (Å²) < 4.78 is 0. The molecule has 1 N–H and O–H groups in total. The largest absolute Gasteiger partial charge is 0.362 e. The van der Waals surface area contributed by atoms with Gasteiger partial charge in [-0.15, -0.1) is 0 Å². The molecule has 3 aromatic rings. The molecule has 0 bridgehead atoms. The van der Waals surface area contributed by atoms with Crippen molar-refractivity contribution in [2.45, 2.75) is 0 Å². The zero-order valence-electron chi connectivity index (χ0n) is 13.6. The van der Waals surface area contributed by atoms with Crippen LogP contribution in [0, 0.1) is 11.8 Å². The SMILES string of the molecule is O=C(/C=C\Nc1ccccc1)c1ccccc1C#Cc1ccccc1. The molecule has 0 amide bonds. The fourth-order valence-corrected chi connectivity index (χ4v) is 2.31. The van der Waals surface area contributed by atoms with Gasteiger partial charge in [-0.2, -0.15) is 0 Å². The molecule has 0 aliphatic rings. The minimum Gasteiger partial charge on any atom is -0.362 e. The molecule has 0 atom stereocenters. The van der Waals surface area contributed by atoms with Crippen LogP contribution in [0.15, 0.2) is 97.2 Å². The topological polar surface area (TPSA) is 29.1 Å². The van der Waals surface area contributed by atoms with Crippen molar-refractivity contribution in [2.75, 3.05) is 5.32 Å². The summed E-state index contributed by atoms with van der Waals surface area (Å²) in [6.45, 7) is 0. The Balaban J connectivity index is 1.76. The summed E-state index contributed by atoms with van der Waals surface area (Å²) in [7, 11) is 0. The van der Waals surface area contributed by atoms with E-state index in [9.17, 15) is 4.79 Å². The highest BCUT2D eigenvalue weighted by molar-refractivity contribution is 6.06. The van der Waals surface area contributed by atoms with Crippen LogP contribution in [-0.2, 0) is 0 Å². The summed E-state index contributed by atoms with van der Waals surface area (Å²) in [5, 5.41) is 3.09. The smallest absolute Gasteiger partial charge is 0.188 e. The molecule has 0 radical (unpaired) electrons. The van der Waals surface area contributed by atoms with Gasteiger partial charge in [0.05, 0.1) is 0 Å². The first-order valence-corrected chi connectivity index (χ1v) is 8.01. The molecular formula is C23H17NO. The van der Waals surface area contributed by atoms with Crippen LogP contribution in [-0.4, -0.2) is 5.78 Å². The van der Waals surface area contributed by atoms with Gasteiger partial charge in [-0.05, 0) is 36.4 Å². The van der Waals surface area contributed by atoms with E-state index in [0.717, 1.165) is 16.8 Å². The van der Waals surface area contributed by atoms with Gasteiger partial charge in [-0.1, -0.05) is 60.4 Å². The predicted octanol–water partition coefficient (Wildman–Crippen LogP) is 4.89. The Hall–Kier alpha value is -3.57. The van der Waals surface area contributed by atoms with Crippen LogP contribution in [0.2, 0.25) is 0 Å². The van der Waals surface area contributed by atoms with Crippen molar-refractivity contribution < 1.29 is 4.79 Å². The highest BCUT2D eigenvalue weighted by Crippen LogP contribution is 2.10. The van der Waals surface area contributed by atoms with Gasteiger partial charge in [0, 0.05) is 34.7 Å². The lowest BCUT2D eigenvalue weighted by Crippen LogP contribution is -1.99. The minimum atomic E-state index is -0.0820. The maximum absolute atomic E-state index is 12.5. The van der Waals surface area contributed by atoms with E-state index >= 15 is 0 Å². The van der Waals surface area contributed by atoms with E-state index in [1.165, 1.54) is 6.08 Å². The first-order chi connectivity index (χ1) is 12.3. The van der Waals surface area contributed by atoms with Crippen LogP contribution >= 0.6 is 0 Å². The number of allylic oxidation sites excluding steroid dienone is 1. The summed E-state index contributed by atoms with van der Waals surface area (Å²) in [4.78, 5) is 12.5. The van der Waals surface area contributed by atoms with Crippen molar-refractivity contribution in [2.24, 2.45) is 0 Å². The minimum absolute atomic E-state index is 0.0820. The van der Waals surface area contributed by atoms with Crippen LogP contribution in [0.1, 0.15) is 21.5 Å². The number of carbonyl (C=O) groups excluding carboxylic acids is 1. The van der Waals surface area contributed by atoms with Gasteiger partial charge in [-0.3, -0.25) is 4.79 Å². The second-order valence-corrected chi connectivity index (χ2v) is 5.37. The number of hydrogen-bond acceptors (Lipinski definition) is 2. The number of para-hydroxylation sites is 1. The highest BCUT2D eigenvalue weighted by atomic mass is 16.1. The lowest BCUT2D eigenvalue weighted by Gasteiger charge is -2.01. The van der Waals surface area contributed by atoms with Crippen LogP contribution < -0.4 is 5.32 Å². The number of hydrogen-bond donors (Lipinski definition) is 1. The Kier molecular flexibility index (Phi) is 5.43. The fourth-order valence-electron chi connectivity index (χ4n) is 2.31. The van der Waals surface area contributed by atoms with Gasteiger partial charge in [0.25, 0.3) is 0 Å². The molecule has 2 heteroatoms. The average molecular weight is 323 g/mol. The molecule has 0 unspecified atom stereocenters. The Bertz CT molecular complexity index is 932. The molecule has 0 fully saturated rings. The van der Waals surface area contributed by atoms with Crippen molar-refractivity contribution in [1.82, 2.24) is 0 Å². The number of nitrogens with one attached hydrogen (secondary N) is 1. The van der Waals surface area contributed by atoms with Crippen molar-refractivity contribution in [3.8, 4) is 11.8 Å².